The molecule has 4 aromatic rings. The standard InChI is InChI=1S/C27H22N2O4/c1-19(21-13-7-3-8-14-21)29-25(30)27(33-26(29)31,17-20-11-5-2-6-12-20)24-28-23(18-32-24)22-15-9-4-10-16-22/h2-16,18-19H,17H2,1H3/t19-,27-/m1/s1. The summed E-state index contributed by atoms with van der Waals surface area (Å²) in [6.07, 6.45) is 0.888. The van der Waals surface area contributed by atoms with Crippen molar-refractivity contribution in [1.82, 2.24) is 9.88 Å². The van der Waals surface area contributed by atoms with Gasteiger partial charge < -0.3 is 9.15 Å². The first-order valence-corrected chi connectivity index (χ1v) is 10.8. The first-order valence-electron chi connectivity index (χ1n) is 10.8. The van der Waals surface area contributed by atoms with Crippen LogP contribution >= 0.6 is 0 Å². The van der Waals surface area contributed by atoms with Gasteiger partial charge in [0.2, 0.25) is 5.89 Å². The molecule has 164 valence electrons. The van der Waals surface area contributed by atoms with E-state index in [9.17, 15) is 9.59 Å². The van der Waals surface area contributed by atoms with E-state index in [-0.39, 0.29) is 12.3 Å². The van der Waals surface area contributed by atoms with Gasteiger partial charge >= 0.3 is 6.09 Å². The molecule has 1 aliphatic rings. The lowest BCUT2D eigenvalue weighted by Crippen LogP contribution is -2.41. The molecular weight excluding hydrogens is 416 g/mol. The predicted octanol–water partition coefficient (Wildman–Crippen LogP) is 5.52. The van der Waals surface area contributed by atoms with Crippen LogP contribution in [-0.4, -0.2) is 21.9 Å². The van der Waals surface area contributed by atoms with Crippen LogP contribution in [0.1, 0.15) is 30.0 Å². The minimum atomic E-state index is -1.69. The van der Waals surface area contributed by atoms with Gasteiger partial charge in [0.25, 0.3) is 11.5 Å². The van der Waals surface area contributed by atoms with Crippen molar-refractivity contribution >= 4 is 12.0 Å². The molecule has 1 aromatic heterocycles. The van der Waals surface area contributed by atoms with Crippen LogP contribution in [0, 0.1) is 0 Å². The van der Waals surface area contributed by atoms with Crippen LogP contribution in [0.2, 0.25) is 0 Å². The first kappa shape index (κ1) is 20.7. The van der Waals surface area contributed by atoms with E-state index in [1.807, 2.05) is 91.0 Å². The normalized spacial score (nSPS) is 18.9. The fourth-order valence-electron chi connectivity index (χ4n) is 4.14. The highest BCUT2D eigenvalue weighted by Gasteiger charge is 2.59. The number of aromatic nitrogens is 1. The number of oxazole rings is 1. The van der Waals surface area contributed by atoms with Crippen LogP contribution in [0.15, 0.2) is 102 Å². The van der Waals surface area contributed by atoms with E-state index in [0.29, 0.717) is 5.69 Å². The fraction of sp³-hybridized carbons (Fsp3) is 0.148. The number of nitrogens with zero attached hydrogens (tertiary/aromatic N) is 2. The summed E-state index contributed by atoms with van der Waals surface area (Å²) in [4.78, 5) is 32.7. The van der Waals surface area contributed by atoms with Gasteiger partial charge in [-0.2, -0.15) is 0 Å². The second kappa shape index (κ2) is 8.39. The molecule has 0 radical (unpaired) electrons. The molecule has 0 saturated carbocycles. The monoisotopic (exact) mass is 438 g/mol. The summed E-state index contributed by atoms with van der Waals surface area (Å²) in [6.45, 7) is 1.80. The molecular formula is C27H22N2O4. The minimum absolute atomic E-state index is 0.0614. The average molecular weight is 438 g/mol. The second-order valence-electron chi connectivity index (χ2n) is 8.02. The number of ether oxygens (including phenoxy) is 1. The Kier molecular flexibility index (Phi) is 5.26. The summed E-state index contributed by atoms with van der Waals surface area (Å²) in [7, 11) is 0. The van der Waals surface area contributed by atoms with Crippen LogP contribution in [0.5, 0.6) is 0 Å². The molecule has 5 rings (SSSR count). The quantitative estimate of drug-likeness (QED) is 0.396. The summed E-state index contributed by atoms with van der Waals surface area (Å²) in [5.41, 5.74) is 1.38. The van der Waals surface area contributed by atoms with Gasteiger partial charge in [-0.1, -0.05) is 91.0 Å². The number of benzene rings is 3. The zero-order chi connectivity index (χ0) is 22.8. The molecule has 2 atom stereocenters. The third-order valence-corrected chi connectivity index (χ3v) is 5.91. The van der Waals surface area contributed by atoms with Gasteiger partial charge in [-0.05, 0) is 18.1 Å². The van der Waals surface area contributed by atoms with Crippen molar-refractivity contribution in [3.8, 4) is 11.3 Å². The van der Waals surface area contributed by atoms with Gasteiger partial charge in [0.15, 0.2) is 0 Å². The number of hydrogen-bond donors (Lipinski definition) is 0. The van der Waals surface area contributed by atoms with E-state index >= 15 is 0 Å². The molecule has 1 fully saturated rings. The van der Waals surface area contributed by atoms with Gasteiger partial charge in [0, 0.05) is 12.0 Å². The first-order chi connectivity index (χ1) is 16.1. The topological polar surface area (TPSA) is 72.6 Å². The molecule has 0 N–H and O–H groups in total. The molecule has 6 nitrogen and oxygen atoms in total. The maximum Gasteiger partial charge on any atom is 0.418 e. The number of cyclic esters (lactones) is 1. The summed E-state index contributed by atoms with van der Waals surface area (Å²) in [6, 6.07) is 27.8. The van der Waals surface area contributed by atoms with Crippen LogP contribution in [0.4, 0.5) is 4.79 Å². The zero-order valence-electron chi connectivity index (χ0n) is 18.0. The molecule has 2 heterocycles. The Labute approximate surface area is 191 Å². The van der Waals surface area contributed by atoms with Gasteiger partial charge in [-0.15, -0.1) is 0 Å². The van der Waals surface area contributed by atoms with Crippen LogP contribution < -0.4 is 0 Å². The lowest BCUT2D eigenvalue weighted by atomic mass is 9.92. The van der Waals surface area contributed by atoms with Gasteiger partial charge in [0.05, 0.1) is 6.04 Å². The van der Waals surface area contributed by atoms with Crippen molar-refractivity contribution in [3.63, 3.8) is 0 Å². The van der Waals surface area contributed by atoms with Crippen molar-refractivity contribution in [2.24, 2.45) is 0 Å². The summed E-state index contributed by atoms with van der Waals surface area (Å²) < 4.78 is 11.6. The molecule has 0 bridgehead atoms. The van der Waals surface area contributed by atoms with Crippen LogP contribution in [0.25, 0.3) is 11.3 Å². The maximum absolute atomic E-state index is 13.9. The number of carbonyl (C=O) groups excluding carboxylic acids is 2. The Morgan fingerprint density at radius 3 is 2.15 bits per heavy atom. The van der Waals surface area contributed by atoms with Crippen LogP contribution in [0.3, 0.4) is 0 Å². The minimum Gasteiger partial charge on any atom is -0.444 e. The van der Waals surface area contributed by atoms with Gasteiger partial charge in [0.1, 0.15) is 12.0 Å². The Morgan fingerprint density at radius 1 is 0.879 bits per heavy atom. The number of imide groups is 1. The highest BCUT2D eigenvalue weighted by Crippen LogP contribution is 2.41. The molecule has 2 amide bonds. The molecule has 3 aromatic carbocycles. The number of carbonyl (C=O) groups is 2. The van der Waals surface area contributed by atoms with Crippen molar-refractivity contribution in [3.05, 3.63) is 114 Å². The zero-order valence-corrected chi connectivity index (χ0v) is 18.0. The molecule has 33 heavy (non-hydrogen) atoms. The Bertz CT molecular complexity index is 1270. The van der Waals surface area contributed by atoms with E-state index in [1.54, 1.807) is 6.92 Å². The molecule has 1 saturated heterocycles. The third-order valence-electron chi connectivity index (χ3n) is 5.91. The fourth-order valence-corrected chi connectivity index (χ4v) is 4.14. The highest BCUT2D eigenvalue weighted by molar-refractivity contribution is 6.03. The highest BCUT2D eigenvalue weighted by atomic mass is 16.6. The summed E-state index contributed by atoms with van der Waals surface area (Å²) >= 11 is 0. The Hall–Kier alpha value is -4.19. The van der Waals surface area contributed by atoms with Gasteiger partial charge in [-0.25, -0.2) is 14.7 Å². The third kappa shape index (κ3) is 3.69. The largest absolute Gasteiger partial charge is 0.444 e. The molecule has 0 unspecified atom stereocenters. The number of hydrogen-bond acceptors (Lipinski definition) is 5. The number of amides is 2. The lowest BCUT2D eigenvalue weighted by molar-refractivity contribution is -0.140. The second-order valence-corrected chi connectivity index (χ2v) is 8.02. The van der Waals surface area contributed by atoms with E-state index in [2.05, 4.69) is 4.98 Å². The van der Waals surface area contributed by atoms with E-state index in [4.69, 9.17) is 9.15 Å². The van der Waals surface area contributed by atoms with E-state index in [1.165, 1.54) is 6.26 Å². The van der Waals surface area contributed by atoms with Crippen molar-refractivity contribution in [1.29, 1.82) is 0 Å². The smallest absolute Gasteiger partial charge is 0.418 e. The summed E-state index contributed by atoms with van der Waals surface area (Å²) in [5.74, 6) is -0.430. The van der Waals surface area contributed by atoms with Crippen molar-refractivity contribution < 1.29 is 18.7 Å². The molecule has 6 heteroatoms. The van der Waals surface area contributed by atoms with E-state index < -0.39 is 23.6 Å². The average Bonchev–Trinajstić information content (AvgIpc) is 3.44. The Balaban J connectivity index is 1.58. The Morgan fingerprint density at radius 2 is 1.48 bits per heavy atom. The maximum atomic E-state index is 13.9. The van der Waals surface area contributed by atoms with Crippen LogP contribution in [-0.2, 0) is 21.6 Å². The van der Waals surface area contributed by atoms with E-state index in [0.717, 1.165) is 21.6 Å². The number of rotatable bonds is 6. The predicted molar refractivity (Wildman–Crippen MR) is 122 cm³/mol. The molecule has 0 aliphatic carbocycles. The van der Waals surface area contributed by atoms with Crippen molar-refractivity contribution in [2.45, 2.75) is 25.0 Å². The lowest BCUT2D eigenvalue weighted by Gasteiger charge is -2.24. The SMILES string of the molecule is C[C@H](c1ccccc1)N1C(=O)O[C@](Cc2ccccc2)(c2nc(-c3ccccc3)co2)C1=O. The molecule has 0 spiro atoms. The molecule has 1 aliphatic heterocycles. The summed E-state index contributed by atoms with van der Waals surface area (Å²) in [5, 5.41) is 0. The van der Waals surface area contributed by atoms with Gasteiger partial charge in [-0.3, -0.25) is 4.79 Å². The van der Waals surface area contributed by atoms with Crippen molar-refractivity contribution in [2.75, 3.05) is 0 Å².